The van der Waals surface area contributed by atoms with Gasteiger partial charge in [-0.2, -0.15) is 0 Å². The smallest absolute Gasteiger partial charge is 0.330 e. The normalized spacial score (nSPS) is 12.1. The van der Waals surface area contributed by atoms with Crippen molar-refractivity contribution in [1.82, 2.24) is 9.97 Å². The second-order valence-electron chi connectivity index (χ2n) is 12.6. The van der Waals surface area contributed by atoms with E-state index in [4.69, 9.17) is 19.0 Å². The second-order valence-corrected chi connectivity index (χ2v) is 12.6. The summed E-state index contributed by atoms with van der Waals surface area (Å²) in [6.07, 6.45) is 0. The van der Waals surface area contributed by atoms with Crippen LogP contribution in [0.4, 0.5) is 0 Å². The summed E-state index contributed by atoms with van der Waals surface area (Å²) in [7, 11) is 1.69. The SMILES string of the molecule is CC(C)(O)C(C)(C)O[B]c1ccc(-c2cc(-c3ccc(-c4cccc5c4oc4ccccc45)cc3)nc(-c3ccccc3)n2)cc1. The number of hydrogen-bond acceptors (Lipinski definition) is 5. The molecule has 0 amide bonds. The van der Waals surface area contributed by atoms with Crippen LogP contribution in [0.15, 0.2) is 132 Å². The van der Waals surface area contributed by atoms with Crippen LogP contribution in [0.1, 0.15) is 27.7 Å². The molecule has 2 heterocycles. The standard InChI is InChI=1S/C40H34BN2O3/c1-39(2,44)40(3,4)46-41-30-23-21-28(22-24-30)35-25-34(42-38(43-35)29-11-6-5-7-12-29)27-19-17-26(18-20-27)31-14-10-15-33-32-13-8-9-16-36(32)45-37(31)33/h5-25,44H,1-4H3. The molecule has 0 aliphatic rings. The second kappa shape index (κ2) is 11.7. The molecular weight excluding hydrogens is 567 g/mol. The highest BCUT2D eigenvalue weighted by Crippen LogP contribution is 2.36. The lowest BCUT2D eigenvalue weighted by molar-refractivity contribution is -0.0893. The van der Waals surface area contributed by atoms with E-state index in [9.17, 15) is 5.11 Å². The lowest BCUT2D eigenvalue weighted by Gasteiger charge is -2.37. The summed E-state index contributed by atoms with van der Waals surface area (Å²) in [6.45, 7) is 7.24. The average Bonchev–Trinajstić information content (AvgIpc) is 3.46. The minimum Gasteiger partial charge on any atom is -0.455 e. The van der Waals surface area contributed by atoms with Crippen LogP contribution in [0.25, 0.3) is 67.0 Å². The maximum atomic E-state index is 10.4. The number of furan rings is 1. The number of rotatable bonds is 8. The first-order valence-corrected chi connectivity index (χ1v) is 15.5. The number of aromatic nitrogens is 2. The van der Waals surface area contributed by atoms with Crippen molar-refractivity contribution in [3.63, 3.8) is 0 Å². The van der Waals surface area contributed by atoms with E-state index in [0.29, 0.717) is 5.82 Å². The molecule has 0 aliphatic carbocycles. The summed E-state index contributed by atoms with van der Waals surface area (Å²) < 4.78 is 12.2. The third-order valence-corrected chi connectivity index (χ3v) is 8.82. The van der Waals surface area contributed by atoms with Gasteiger partial charge in [0.2, 0.25) is 0 Å². The monoisotopic (exact) mass is 601 g/mol. The van der Waals surface area contributed by atoms with E-state index in [2.05, 4.69) is 48.5 Å². The first-order valence-electron chi connectivity index (χ1n) is 15.5. The fourth-order valence-electron chi connectivity index (χ4n) is 5.35. The molecule has 0 aliphatic heterocycles. The fourth-order valence-corrected chi connectivity index (χ4v) is 5.35. The minimum absolute atomic E-state index is 0.662. The Morgan fingerprint density at radius 2 is 1.20 bits per heavy atom. The van der Waals surface area contributed by atoms with E-state index in [1.807, 2.05) is 92.7 Å². The Morgan fingerprint density at radius 3 is 1.87 bits per heavy atom. The van der Waals surface area contributed by atoms with Gasteiger partial charge in [0.1, 0.15) is 11.2 Å². The lowest BCUT2D eigenvalue weighted by atomic mass is 9.82. The van der Waals surface area contributed by atoms with Gasteiger partial charge in [-0.05, 0) is 45.4 Å². The highest BCUT2D eigenvalue weighted by Gasteiger charge is 2.35. The van der Waals surface area contributed by atoms with E-state index < -0.39 is 11.2 Å². The van der Waals surface area contributed by atoms with Crippen molar-refractivity contribution in [3.05, 3.63) is 127 Å². The van der Waals surface area contributed by atoms with Gasteiger partial charge in [0.25, 0.3) is 0 Å². The molecule has 1 N–H and O–H groups in total. The molecule has 7 aromatic rings. The zero-order chi connectivity index (χ0) is 31.9. The van der Waals surface area contributed by atoms with Gasteiger partial charge in [0.05, 0.1) is 22.6 Å². The molecule has 2 aromatic heterocycles. The van der Waals surface area contributed by atoms with E-state index >= 15 is 0 Å². The third-order valence-electron chi connectivity index (χ3n) is 8.82. The molecule has 7 rings (SSSR count). The predicted octanol–water partition coefficient (Wildman–Crippen LogP) is 8.85. The molecule has 225 valence electrons. The van der Waals surface area contributed by atoms with Crippen LogP contribution in [-0.2, 0) is 4.65 Å². The van der Waals surface area contributed by atoms with E-state index in [0.717, 1.165) is 66.6 Å². The van der Waals surface area contributed by atoms with Gasteiger partial charge in [0, 0.05) is 33.0 Å². The van der Waals surface area contributed by atoms with Gasteiger partial charge >= 0.3 is 7.48 Å². The van der Waals surface area contributed by atoms with Crippen molar-refractivity contribution in [1.29, 1.82) is 0 Å². The number of fused-ring (bicyclic) bond motifs is 3. The van der Waals surface area contributed by atoms with Crippen molar-refractivity contribution < 1.29 is 14.2 Å². The molecule has 0 spiro atoms. The Kier molecular flexibility index (Phi) is 7.56. The molecule has 5 aromatic carbocycles. The Morgan fingerprint density at radius 1 is 0.609 bits per heavy atom. The molecule has 6 heteroatoms. The first kappa shape index (κ1) is 29.7. The topological polar surface area (TPSA) is 68.4 Å². The molecule has 5 nitrogen and oxygen atoms in total. The van der Waals surface area contributed by atoms with Crippen molar-refractivity contribution in [3.8, 4) is 45.0 Å². The van der Waals surface area contributed by atoms with Crippen LogP contribution in [0.3, 0.4) is 0 Å². The molecule has 1 radical (unpaired) electrons. The van der Waals surface area contributed by atoms with Crippen LogP contribution in [0, 0.1) is 0 Å². The highest BCUT2D eigenvalue weighted by molar-refractivity contribution is 6.47. The summed E-state index contributed by atoms with van der Waals surface area (Å²) in [4.78, 5) is 9.97. The van der Waals surface area contributed by atoms with E-state index in [1.165, 1.54) is 0 Å². The van der Waals surface area contributed by atoms with E-state index in [-0.39, 0.29) is 0 Å². The zero-order valence-corrected chi connectivity index (χ0v) is 26.4. The van der Waals surface area contributed by atoms with Crippen molar-refractivity contribution in [2.75, 3.05) is 0 Å². The van der Waals surface area contributed by atoms with Gasteiger partial charge in [-0.3, -0.25) is 0 Å². The van der Waals surface area contributed by atoms with Crippen molar-refractivity contribution in [2.24, 2.45) is 0 Å². The molecule has 0 saturated heterocycles. The third kappa shape index (κ3) is 5.73. The number of aliphatic hydroxyl groups is 1. The summed E-state index contributed by atoms with van der Waals surface area (Å²) in [5.74, 6) is 0.662. The number of nitrogens with zero attached hydrogens (tertiary/aromatic N) is 2. The first-order chi connectivity index (χ1) is 22.2. The largest absolute Gasteiger partial charge is 0.455 e. The number of hydrogen-bond donors (Lipinski definition) is 1. The van der Waals surface area contributed by atoms with Crippen LogP contribution < -0.4 is 5.46 Å². The summed E-state index contributed by atoms with van der Waals surface area (Å²) >= 11 is 0. The molecule has 0 atom stereocenters. The van der Waals surface area contributed by atoms with E-state index in [1.54, 1.807) is 21.3 Å². The van der Waals surface area contributed by atoms with Gasteiger partial charge in [-0.25, -0.2) is 9.97 Å². The number of benzene rings is 5. The molecule has 0 saturated carbocycles. The van der Waals surface area contributed by atoms with Gasteiger partial charge in [-0.1, -0.05) is 121 Å². The highest BCUT2D eigenvalue weighted by atomic mass is 16.5. The lowest BCUT2D eigenvalue weighted by Crippen LogP contribution is -2.49. The molecule has 0 unspecified atom stereocenters. The number of para-hydroxylation sites is 2. The average molecular weight is 602 g/mol. The summed E-state index contributed by atoms with van der Waals surface area (Å²) in [6, 6.07) is 43.1. The predicted molar refractivity (Wildman–Crippen MR) is 188 cm³/mol. The molecule has 0 bridgehead atoms. The summed E-state index contributed by atoms with van der Waals surface area (Å²) in [5.41, 5.74) is 7.64. The van der Waals surface area contributed by atoms with Crippen molar-refractivity contribution >= 4 is 34.9 Å². The fraction of sp³-hybridized carbons (Fsp3) is 0.150. The van der Waals surface area contributed by atoms with Crippen LogP contribution in [-0.4, -0.2) is 33.8 Å². The Balaban J connectivity index is 1.22. The van der Waals surface area contributed by atoms with Crippen LogP contribution in [0.5, 0.6) is 0 Å². The molecule has 0 fully saturated rings. The molecular formula is C40H34BN2O3. The Hall–Kier alpha value is -5.04. The van der Waals surface area contributed by atoms with Crippen LogP contribution >= 0.6 is 0 Å². The van der Waals surface area contributed by atoms with Gasteiger partial charge in [-0.15, -0.1) is 0 Å². The Bertz CT molecular complexity index is 2150. The molecule has 46 heavy (non-hydrogen) atoms. The Labute approximate surface area is 269 Å². The van der Waals surface area contributed by atoms with Gasteiger partial charge < -0.3 is 14.2 Å². The quantitative estimate of drug-likeness (QED) is 0.176. The minimum atomic E-state index is -0.992. The zero-order valence-electron chi connectivity index (χ0n) is 26.4. The maximum absolute atomic E-state index is 10.4. The van der Waals surface area contributed by atoms with Crippen LogP contribution in [0.2, 0.25) is 0 Å². The summed E-state index contributed by atoms with van der Waals surface area (Å²) in [5, 5.41) is 12.7. The van der Waals surface area contributed by atoms with Crippen molar-refractivity contribution in [2.45, 2.75) is 38.9 Å². The van der Waals surface area contributed by atoms with Gasteiger partial charge in [0.15, 0.2) is 5.82 Å². The maximum Gasteiger partial charge on any atom is 0.330 e.